The summed E-state index contributed by atoms with van der Waals surface area (Å²) in [5.74, 6) is 2.40. The number of carbonyl (C=O) groups excluding carboxylic acids is 1. The predicted octanol–water partition coefficient (Wildman–Crippen LogP) is 5.00. The summed E-state index contributed by atoms with van der Waals surface area (Å²) in [6.07, 6.45) is 0.329. The summed E-state index contributed by atoms with van der Waals surface area (Å²) < 4.78 is 11.6. The lowest BCUT2D eigenvalue weighted by Gasteiger charge is -2.36. The summed E-state index contributed by atoms with van der Waals surface area (Å²) in [4.78, 5) is 21.6. The number of hydrogen-bond acceptors (Lipinski definition) is 7. The minimum atomic E-state index is 0.119. The minimum Gasteiger partial charge on any atom is -0.497 e. The molecule has 0 N–H and O–H groups in total. The maximum absolute atomic E-state index is 12.8. The van der Waals surface area contributed by atoms with Gasteiger partial charge in [0.25, 0.3) is 0 Å². The van der Waals surface area contributed by atoms with E-state index in [1.165, 1.54) is 0 Å². The smallest absolute Gasteiger partial charge is 0.228 e. The van der Waals surface area contributed by atoms with Crippen molar-refractivity contribution in [1.29, 1.82) is 0 Å². The number of anilines is 1. The first-order chi connectivity index (χ1) is 16.1. The predicted molar refractivity (Wildman–Crippen MR) is 135 cm³/mol. The highest BCUT2D eigenvalue weighted by Gasteiger charge is 2.23. The number of hydrogen-bond donors (Lipinski definition) is 0. The van der Waals surface area contributed by atoms with E-state index in [2.05, 4.69) is 9.88 Å². The Bertz CT molecular complexity index is 1080. The average molecular weight is 504 g/mol. The number of aromatic nitrogens is 1. The van der Waals surface area contributed by atoms with Crippen molar-refractivity contribution in [2.45, 2.75) is 16.5 Å². The molecule has 0 bridgehead atoms. The zero-order valence-corrected chi connectivity index (χ0v) is 21.0. The van der Waals surface area contributed by atoms with Gasteiger partial charge in [-0.15, -0.1) is 11.3 Å². The molecule has 1 aliphatic rings. The largest absolute Gasteiger partial charge is 0.497 e. The highest BCUT2D eigenvalue weighted by Crippen LogP contribution is 2.30. The molecule has 2 heterocycles. The number of carbonyl (C=O) groups is 1. The van der Waals surface area contributed by atoms with Gasteiger partial charge in [-0.2, -0.15) is 0 Å². The Kier molecular flexibility index (Phi) is 8.01. The number of ether oxygens (including phenoxy) is 2. The molecule has 6 nitrogen and oxygen atoms in total. The van der Waals surface area contributed by atoms with Gasteiger partial charge in [-0.3, -0.25) is 4.79 Å². The number of rotatable bonds is 8. The summed E-state index contributed by atoms with van der Waals surface area (Å²) in [6.45, 7) is 2.93. The number of nitrogens with zero attached hydrogens (tertiary/aromatic N) is 3. The first kappa shape index (κ1) is 23.7. The normalized spacial score (nSPS) is 13.8. The Morgan fingerprint density at radius 2 is 1.79 bits per heavy atom. The van der Waals surface area contributed by atoms with Crippen LogP contribution in [0.25, 0.3) is 0 Å². The van der Waals surface area contributed by atoms with Crippen molar-refractivity contribution >= 4 is 46.3 Å². The molecule has 0 spiro atoms. The van der Waals surface area contributed by atoms with Gasteiger partial charge in [0.15, 0.2) is 0 Å². The zero-order valence-electron chi connectivity index (χ0n) is 18.6. The molecule has 1 saturated heterocycles. The number of thioether (sulfide) groups is 1. The summed E-state index contributed by atoms with van der Waals surface area (Å²) >= 11 is 9.54. The number of piperazine rings is 1. The average Bonchev–Trinajstić information content (AvgIpc) is 3.30. The third-order valence-electron chi connectivity index (χ3n) is 5.46. The molecule has 9 heteroatoms. The standard InChI is InChI=1S/C24H26ClN3O3S2/c1-30-19-11-17(12-20(14-19)31-2)15-32-24-26-18(16-33-24)13-23(29)28-9-7-27(8-10-28)22-6-4-3-5-21(22)25/h3-6,11-12,14,16H,7-10,13,15H2,1-2H3. The molecule has 1 fully saturated rings. The summed E-state index contributed by atoms with van der Waals surface area (Å²) in [5.41, 5.74) is 2.95. The number of benzene rings is 2. The van der Waals surface area contributed by atoms with Crippen LogP contribution in [0.3, 0.4) is 0 Å². The van der Waals surface area contributed by atoms with Crippen LogP contribution in [0.1, 0.15) is 11.3 Å². The van der Waals surface area contributed by atoms with Crippen molar-refractivity contribution in [3.8, 4) is 11.5 Å². The fraction of sp³-hybridized carbons (Fsp3) is 0.333. The second-order valence-electron chi connectivity index (χ2n) is 7.61. The van der Waals surface area contributed by atoms with E-state index in [0.29, 0.717) is 19.5 Å². The van der Waals surface area contributed by atoms with Gasteiger partial charge in [0.1, 0.15) is 15.8 Å². The number of methoxy groups -OCH3 is 2. The molecule has 1 aliphatic heterocycles. The quantitative estimate of drug-likeness (QED) is 0.403. The maximum atomic E-state index is 12.8. The van der Waals surface area contributed by atoms with Gasteiger partial charge >= 0.3 is 0 Å². The topological polar surface area (TPSA) is 54.9 Å². The van der Waals surface area contributed by atoms with Gasteiger partial charge < -0.3 is 19.3 Å². The highest BCUT2D eigenvalue weighted by atomic mass is 35.5. The zero-order chi connectivity index (χ0) is 23.2. The Morgan fingerprint density at radius 3 is 2.45 bits per heavy atom. The first-order valence-electron chi connectivity index (χ1n) is 10.6. The van der Waals surface area contributed by atoms with Crippen molar-refractivity contribution in [3.63, 3.8) is 0 Å². The van der Waals surface area contributed by atoms with Gasteiger partial charge in [0, 0.05) is 43.4 Å². The lowest BCUT2D eigenvalue weighted by Crippen LogP contribution is -2.49. The summed E-state index contributed by atoms with van der Waals surface area (Å²) in [6, 6.07) is 13.7. The lowest BCUT2D eigenvalue weighted by atomic mass is 10.2. The first-order valence-corrected chi connectivity index (χ1v) is 12.9. The molecular formula is C24H26ClN3O3S2. The molecule has 3 aromatic rings. The summed E-state index contributed by atoms with van der Waals surface area (Å²) in [7, 11) is 3.29. The molecule has 0 radical (unpaired) electrons. The van der Waals surface area contributed by atoms with Crippen LogP contribution < -0.4 is 14.4 Å². The van der Waals surface area contributed by atoms with E-state index < -0.39 is 0 Å². The Morgan fingerprint density at radius 1 is 1.09 bits per heavy atom. The van der Waals surface area contributed by atoms with Crippen molar-refractivity contribution in [2.24, 2.45) is 0 Å². The van der Waals surface area contributed by atoms with Gasteiger partial charge in [0.2, 0.25) is 5.91 Å². The number of amides is 1. The van der Waals surface area contributed by atoms with Crippen molar-refractivity contribution in [1.82, 2.24) is 9.88 Å². The van der Waals surface area contributed by atoms with Crippen LogP contribution in [0.15, 0.2) is 52.2 Å². The molecule has 174 valence electrons. The SMILES string of the molecule is COc1cc(CSc2nc(CC(=O)N3CCN(c4ccccc4Cl)CC3)cs2)cc(OC)c1. The minimum absolute atomic E-state index is 0.119. The van der Waals surface area contributed by atoms with Gasteiger partial charge in [-0.25, -0.2) is 4.98 Å². The molecule has 1 aromatic heterocycles. The number of para-hydroxylation sites is 1. The summed E-state index contributed by atoms with van der Waals surface area (Å²) in [5, 5.41) is 2.73. The van der Waals surface area contributed by atoms with Crippen LogP contribution in [-0.2, 0) is 17.0 Å². The molecule has 0 aliphatic carbocycles. The fourth-order valence-electron chi connectivity index (χ4n) is 3.70. The van der Waals surface area contributed by atoms with Gasteiger partial charge in [-0.05, 0) is 29.8 Å². The van der Waals surface area contributed by atoms with E-state index in [1.807, 2.05) is 52.7 Å². The van der Waals surface area contributed by atoms with E-state index in [0.717, 1.165) is 56.6 Å². The van der Waals surface area contributed by atoms with Crippen LogP contribution in [0.4, 0.5) is 5.69 Å². The molecule has 2 aromatic carbocycles. The van der Waals surface area contributed by atoms with E-state index in [9.17, 15) is 4.79 Å². The second-order valence-corrected chi connectivity index (χ2v) is 10.1. The molecule has 33 heavy (non-hydrogen) atoms. The van der Waals surface area contributed by atoms with E-state index in [1.54, 1.807) is 37.3 Å². The van der Waals surface area contributed by atoms with Crippen LogP contribution in [-0.4, -0.2) is 56.2 Å². The highest BCUT2D eigenvalue weighted by molar-refractivity contribution is 8.00. The maximum Gasteiger partial charge on any atom is 0.228 e. The van der Waals surface area contributed by atoms with Crippen LogP contribution >= 0.6 is 34.7 Å². The molecule has 0 saturated carbocycles. The Hall–Kier alpha value is -2.42. The second kappa shape index (κ2) is 11.1. The van der Waals surface area contributed by atoms with Gasteiger partial charge in [0.05, 0.1) is 37.0 Å². The van der Waals surface area contributed by atoms with Crippen molar-refractivity contribution in [3.05, 3.63) is 64.1 Å². The molecule has 1 amide bonds. The Balaban J connectivity index is 1.28. The molecule has 4 rings (SSSR count). The van der Waals surface area contributed by atoms with Gasteiger partial charge in [-0.1, -0.05) is 35.5 Å². The van der Waals surface area contributed by atoms with Crippen LogP contribution in [0, 0.1) is 0 Å². The number of thiazole rings is 1. The van der Waals surface area contributed by atoms with E-state index >= 15 is 0 Å². The van der Waals surface area contributed by atoms with E-state index in [-0.39, 0.29) is 5.91 Å². The third-order valence-corrected chi connectivity index (χ3v) is 7.92. The van der Waals surface area contributed by atoms with Crippen LogP contribution in [0.2, 0.25) is 5.02 Å². The lowest BCUT2D eigenvalue weighted by molar-refractivity contribution is -0.130. The molecule has 0 unspecified atom stereocenters. The number of halogens is 1. The fourth-order valence-corrected chi connectivity index (χ4v) is 5.73. The molecular weight excluding hydrogens is 478 g/mol. The molecule has 0 atom stereocenters. The van der Waals surface area contributed by atoms with Crippen LogP contribution in [0.5, 0.6) is 11.5 Å². The third kappa shape index (κ3) is 6.13. The monoisotopic (exact) mass is 503 g/mol. The Labute approximate surface area is 207 Å². The van der Waals surface area contributed by atoms with E-state index in [4.69, 9.17) is 21.1 Å². The van der Waals surface area contributed by atoms with Crippen molar-refractivity contribution in [2.75, 3.05) is 45.3 Å². The van der Waals surface area contributed by atoms with Crippen molar-refractivity contribution < 1.29 is 14.3 Å².